The molecule has 30 heavy (non-hydrogen) atoms. The highest BCUT2D eigenvalue weighted by atomic mass is 19.1. The van der Waals surface area contributed by atoms with Crippen molar-refractivity contribution in [2.24, 2.45) is 5.92 Å². The molecule has 2 aromatic carbocycles. The molecule has 1 atom stereocenters. The fourth-order valence-corrected chi connectivity index (χ4v) is 4.60. The number of ether oxygens (including phenoxy) is 2. The molecule has 5 rings (SSSR count). The summed E-state index contributed by atoms with van der Waals surface area (Å²) in [6.45, 7) is 3.56. The largest absolute Gasteiger partial charge is 0.486 e. The van der Waals surface area contributed by atoms with Gasteiger partial charge in [0.25, 0.3) is 0 Å². The molecule has 0 radical (unpaired) electrons. The maximum Gasteiger partial charge on any atom is 0.232 e. The minimum Gasteiger partial charge on any atom is -0.486 e. The molecule has 3 aliphatic heterocycles. The summed E-state index contributed by atoms with van der Waals surface area (Å²) >= 11 is 0. The second-order valence-electron chi connectivity index (χ2n) is 8.08. The Labute approximate surface area is 174 Å². The first kappa shape index (κ1) is 18.9. The number of hydrogen-bond acceptors (Lipinski definition) is 4. The lowest BCUT2D eigenvalue weighted by molar-refractivity contribution is -0.124. The Balaban J connectivity index is 1.38. The van der Waals surface area contributed by atoms with Crippen molar-refractivity contribution in [1.82, 2.24) is 0 Å². The lowest BCUT2D eigenvalue weighted by atomic mass is 9.97. The fraction of sp³-hybridized carbons (Fsp3) is 0.391. The van der Waals surface area contributed by atoms with Crippen LogP contribution in [0, 0.1) is 18.7 Å². The topological polar surface area (TPSA) is 59.1 Å². The molecule has 6 nitrogen and oxygen atoms in total. The Hall–Kier alpha value is -3.09. The highest BCUT2D eigenvalue weighted by molar-refractivity contribution is 6.05. The van der Waals surface area contributed by atoms with E-state index in [2.05, 4.69) is 0 Å². The van der Waals surface area contributed by atoms with E-state index in [1.165, 1.54) is 6.07 Å². The van der Waals surface area contributed by atoms with E-state index in [1.54, 1.807) is 28.0 Å². The minimum atomic E-state index is -0.502. The van der Waals surface area contributed by atoms with Gasteiger partial charge in [-0.15, -0.1) is 0 Å². The summed E-state index contributed by atoms with van der Waals surface area (Å²) in [5.41, 5.74) is 2.77. The lowest BCUT2D eigenvalue weighted by Gasteiger charge is -2.32. The molecular formula is C23H23FN2O4. The Morgan fingerprint density at radius 2 is 1.93 bits per heavy atom. The summed E-state index contributed by atoms with van der Waals surface area (Å²) in [5, 5.41) is 0. The van der Waals surface area contributed by atoms with Crippen molar-refractivity contribution < 1.29 is 23.5 Å². The van der Waals surface area contributed by atoms with Crippen LogP contribution in [0.3, 0.4) is 0 Å². The van der Waals surface area contributed by atoms with Crippen LogP contribution >= 0.6 is 0 Å². The Bertz CT molecular complexity index is 1040. The first-order valence-electron chi connectivity index (χ1n) is 10.3. The van der Waals surface area contributed by atoms with Gasteiger partial charge in [0, 0.05) is 31.3 Å². The summed E-state index contributed by atoms with van der Waals surface area (Å²) in [5.74, 6) is 0.0749. The molecule has 2 amide bonds. The maximum atomic E-state index is 14.7. The molecule has 1 saturated heterocycles. The summed E-state index contributed by atoms with van der Waals surface area (Å²) in [4.78, 5) is 29.1. The van der Waals surface area contributed by atoms with Gasteiger partial charge in [-0.1, -0.05) is 6.07 Å². The van der Waals surface area contributed by atoms with Gasteiger partial charge in [0.2, 0.25) is 11.8 Å². The summed E-state index contributed by atoms with van der Waals surface area (Å²) in [7, 11) is 0. The van der Waals surface area contributed by atoms with E-state index >= 15 is 0 Å². The first-order valence-corrected chi connectivity index (χ1v) is 10.3. The SMILES string of the molecule is Cc1cc(F)c2c(c1)CCCN2C(=O)C1CC(=O)N(c2ccc3c(c2)OCCO3)C1. The Morgan fingerprint density at radius 3 is 2.77 bits per heavy atom. The monoisotopic (exact) mass is 410 g/mol. The lowest BCUT2D eigenvalue weighted by Crippen LogP contribution is -2.41. The van der Waals surface area contributed by atoms with Gasteiger partial charge in [-0.25, -0.2) is 4.39 Å². The number of rotatable bonds is 2. The van der Waals surface area contributed by atoms with Crippen LogP contribution in [0.25, 0.3) is 0 Å². The zero-order chi connectivity index (χ0) is 20.8. The molecule has 0 N–H and O–H groups in total. The molecular weight excluding hydrogens is 387 g/mol. The minimum absolute atomic E-state index is 0.118. The summed E-state index contributed by atoms with van der Waals surface area (Å²) in [6, 6.07) is 8.77. The van der Waals surface area contributed by atoms with Gasteiger partial charge in [-0.05, 0) is 49.1 Å². The quantitative estimate of drug-likeness (QED) is 0.763. The molecule has 0 saturated carbocycles. The number of anilines is 2. The van der Waals surface area contributed by atoms with E-state index in [0.717, 1.165) is 24.0 Å². The Kier molecular flexibility index (Phi) is 4.60. The number of carbonyl (C=O) groups excluding carboxylic acids is 2. The van der Waals surface area contributed by atoms with Crippen molar-refractivity contribution in [3.05, 3.63) is 47.3 Å². The molecule has 0 aliphatic carbocycles. The molecule has 0 aromatic heterocycles. The number of amides is 2. The van der Waals surface area contributed by atoms with Gasteiger partial charge >= 0.3 is 0 Å². The number of hydrogen-bond donors (Lipinski definition) is 0. The number of aryl methyl sites for hydroxylation is 2. The molecule has 1 unspecified atom stereocenters. The number of nitrogens with zero attached hydrogens (tertiary/aromatic N) is 2. The van der Waals surface area contributed by atoms with Crippen LogP contribution in [-0.2, 0) is 16.0 Å². The van der Waals surface area contributed by atoms with Crippen molar-refractivity contribution in [3.63, 3.8) is 0 Å². The van der Waals surface area contributed by atoms with Gasteiger partial charge in [-0.2, -0.15) is 0 Å². The van der Waals surface area contributed by atoms with E-state index in [4.69, 9.17) is 9.47 Å². The van der Waals surface area contributed by atoms with E-state index in [9.17, 15) is 14.0 Å². The number of carbonyl (C=O) groups is 2. The van der Waals surface area contributed by atoms with Crippen LogP contribution in [0.2, 0.25) is 0 Å². The predicted octanol–water partition coefficient (Wildman–Crippen LogP) is 3.24. The third-order valence-electron chi connectivity index (χ3n) is 5.96. The molecule has 156 valence electrons. The van der Waals surface area contributed by atoms with Crippen LogP contribution in [0.4, 0.5) is 15.8 Å². The highest BCUT2D eigenvalue weighted by Crippen LogP contribution is 2.37. The summed E-state index contributed by atoms with van der Waals surface area (Å²) in [6.07, 6.45) is 1.66. The average molecular weight is 410 g/mol. The second-order valence-corrected chi connectivity index (χ2v) is 8.08. The zero-order valence-corrected chi connectivity index (χ0v) is 16.8. The van der Waals surface area contributed by atoms with Crippen LogP contribution in [-0.4, -0.2) is 38.1 Å². The maximum absolute atomic E-state index is 14.7. The van der Waals surface area contributed by atoms with Crippen molar-refractivity contribution >= 4 is 23.2 Å². The summed E-state index contributed by atoms with van der Waals surface area (Å²) < 4.78 is 25.9. The Morgan fingerprint density at radius 1 is 1.13 bits per heavy atom. The average Bonchev–Trinajstić information content (AvgIpc) is 3.13. The van der Waals surface area contributed by atoms with Gasteiger partial charge in [0.05, 0.1) is 11.6 Å². The highest BCUT2D eigenvalue weighted by Gasteiger charge is 2.39. The van der Waals surface area contributed by atoms with Crippen molar-refractivity contribution in [3.8, 4) is 11.5 Å². The smallest absolute Gasteiger partial charge is 0.232 e. The van der Waals surface area contributed by atoms with Gasteiger partial charge < -0.3 is 19.3 Å². The number of benzene rings is 2. The van der Waals surface area contributed by atoms with E-state index in [0.29, 0.717) is 42.6 Å². The van der Waals surface area contributed by atoms with Gasteiger partial charge in [0.1, 0.15) is 19.0 Å². The van der Waals surface area contributed by atoms with E-state index in [-0.39, 0.29) is 30.6 Å². The second kappa shape index (κ2) is 7.31. The van der Waals surface area contributed by atoms with Crippen molar-refractivity contribution in [2.75, 3.05) is 36.1 Å². The van der Waals surface area contributed by atoms with Crippen LogP contribution in [0.1, 0.15) is 24.0 Å². The van der Waals surface area contributed by atoms with Crippen molar-refractivity contribution in [1.29, 1.82) is 0 Å². The third-order valence-corrected chi connectivity index (χ3v) is 5.96. The molecule has 0 spiro atoms. The molecule has 2 aromatic rings. The molecule has 3 aliphatic rings. The molecule has 0 bridgehead atoms. The van der Waals surface area contributed by atoms with Crippen LogP contribution in [0.5, 0.6) is 11.5 Å². The molecule has 7 heteroatoms. The first-order chi connectivity index (χ1) is 14.5. The van der Waals surface area contributed by atoms with Gasteiger partial charge in [-0.3, -0.25) is 9.59 Å². The van der Waals surface area contributed by atoms with Crippen LogP contribution < -0.4 is 19.3 Å². The van der Waals surface area contributed by atoms with Crippen molar-refractivity contribution in [2.45, 2.75) is 26.2 Å². The number of fused-ring (bicyclic) bond motifs is 2. The van der Waals surface area contributed by atoms with Gasteiger partial charge in [0.15, 0.2) is 11.5 Å². The normalized spacial score (nSPS) is 20.3. The fourth-order valence-electron chi connectivity index (χ4n) is 4.60. The third kappa shape index (κ3) is 3.18. The number of halogens is 1. The predicted molar refractivity (Wildman–Crippen MR) is 110 cm³/mol. The molecule has 3 heterocycles. The standard InChI is InChI=1S/C23H23FN2O4/c1-14-9-15-3-2-6-25(22(15)18(24)10-14)23(28)16-11-21(27)26(13-16)17-4-5-19-20(12-17)30-8-7-29-19/h4-5,9-10,12,16H,2-3,6-8,11,13H2,1H3. The van der Waals surface area contributed by atoms with E-state index in [1.807, 2.05) is 13.0 Å². The van der Waals surface area contributed by atoms with Crippen LogP contribution in [0.15, 0.2) is 30.3 Å². The van der Waals surface area contributed by atoms with E-state index < -0.39 is 5.92 Å². The zero-order valence-electron chi connectivity index (χ0n) is 16.8. The molecule has 1 fully saturated rings.